The van der Waals surface area contributed by atoms with Crippen molar-refractivity contribution in [1.82, 2.24) is 9.88 Å². The Morgan fingerprint density at radius 1 is 1.14 bits per heavy atom. The number of nitrogens with two attached hydrogens (primary N) is 1. The fraction of sp³-hybridized carbons (Fsp3) is 0.389. The minimum absolute atomic E-state index is 0.151. The molecule has 2 heterocycles. The fourth-order valence-corrected chi connectivity index (χ4v) is 3.27. The van der Waals surface area contributed by atoms with E-state index in [0.29, 0.717) is 0 Å². The number of nitrogens with zero attached hydrogens (tertiary/aromatic N) is 2. The Hall–Kier alpha value is -1.71. The Kier molecular flexibility index (Phi) is 4.32. The molecule has 1 aromatic carbocycles. The van der Waals surface area contributed by atoms with E-state index in [4.69, 9.17) is 5.73 Å². The molecule has 3 nitrogen and oxygen atoms in total. The lowest BCUT2D eigenvalue weighted by molar-refractivity contribution is 0.153. The SMILES string of the molecule is CCC(N)C(c1ccncc1)N1CCc2ccccc2C1. The molecule has 0 saturated carbocycles. The minimum Gasteiger partial charge on any atom is -0.326 e. The quantitative estimate of drug-likeness (QED) is 0.937. The van der Waals surface area contributed by atoms with Crippen molar-refractivity contribution in [2.45, 2.75) is 38.4 Å². The minimum atomic E-state index is 0.151. The van der Waals surface area contributed by atoms with Crippen LogP contribution in [0.4, 0.5) is 0 Å². The maximum atomic E-state index is 6.44. The molecule has 2 unspecified atom stereocenters. The van der Waals surface area contributed by atoms with Gasteiger partial charge in [-0.1, -0.05) is 31.2 Å². The average Bonchev–Trinajstić information content (AvgIpc) is 2.56. The van der Waals surface area contributed by atoms with E-state index in [9.17, 15) is 0 Å². The van der Waals surface area contributed by atoms with Crippen molar-refractivity contribution in [3.63, 3.8) is 0 Å². The van der Waals surface area contributed by atoms with Crippen LogP contribution < -0.4 is 5.73 Å². The third-order valence-electron chi connectivity index (χ3n) is 4.48. The number of aromatic nitrogens is 1. The first-order chi connectivity index (χ1) is 10.3. The molecule has 3 rings (SSSR count). The predicted molar refractivity (Wildman–Crippen MR) is 85.8 cm³/mol. The zero-order valence-electron chi connectivity index (χ0n) is 12.6. The molecule has 110 valence electrons. The normalized spacial score (nSPS) is 18.0. The van der Waals surface area contributed by atoms with Gasteiger partial charge in [0.1, 0.15) is 0 Å². The Balaban J connectivity index is 1.88. The van der Waals surface area contributed by atoms with Gasteiger partial charge in [-0.3, -0.25) is 9.88 Å². The molecular weight excluding hydrogens is 258 g/mol. The van der Waals surface area contributed by atoms with Crippen molar-refractivity contribution in [3.8, 4) is 0 Å². The van der Waals surface area contributed by atoms with Gasteiger partial charge in [-0.05, 0) is 41.7 Å². The molecule has 3 heteroatoms. The van der Waals surface area contributed by atoms with Crippen LogP contribution >= 0.6 is 0 Å². The van der Waals surface area contributed by atoms with Gasteiger partial charge in [0, 0.05) is 31.5 Å². The third kappa shape index (κ3) is 2.99. The Bertz CT molecular complexity index is 582. The molecule has 0 fully saturated rings. The summed E-state index contributed by atoms with van der Waals surface area (Å²) in [7, 11) is 0. The van der Waals surface area contributed by atoms with Crippen molar-refractivity contribution in [1.29, 1.82) is 0 Å². The largest absolute Gasteiger partial charge is 0.326 e. The van der Waals surface area contributed by atoms with Crippen LogP contribution in [0, 0.1) is 0 Å². The standard InChI is InChI=1S/C18H23N3/c1-2-17(19)18(15-7-10-20-11-8-15)21-12-9-14-5-3-4-6-16(14)13-21/h3-8,10-11,17-18H,2,9,12-13,19H2,1H3. The fourth-order valence-electron chi connectivity index (χ4n) is 3.27. The van der Waals surface area contributed by atoms with Gasteiger partial charge in [-0.15, -0.1) is 0 Å². The van der Waals surface area contributed by atoms with E-state index in [2.05, 4.69) is 53.2 Å². The van der Waals surface area contributed by atoms with Crippen molar-refractivity contribution in [2.24, 2.45) is 5.73 Å². The lowest BCUT2D eigenvalue weighted by Gasteiger charge is -2.38. The molecule has 1 aliphatic heterocycles. The topological polar surface area (TPSA) is 42.1 Å². The van der Waals surface area contributed by atoms with E-state index < -0.39 is 0 Å². The predicted octanol–water partition coefficient (Wildman–Crippen LogP) is 2.92. The maximum Gasteiger partial charge on any atom is 0.0503 e. The second-order valence-electron chi connectivity index (χ2n) is 5.79. The Morgan fingerprint density at radius 2 is 1.86 bits per heavy atom. The summed E-state index contributed by atoms with van der Waals surface area (Å²) in [5.41, 5.74) is 10.6. The number of rotatable bonds is 4. The van der Waals surface area contributed by atoms with Crippen molar-refractivity contribution in [2.75, 3.05) is 6.54 Å². The van der Waals surface area contributed by atoms with Gasteiger partial charge >= 0.3 is 0 Å². The van der Waals surface area contributed by atoms with Crippen molar-refractivity contribution < 1.29 is 0 Å². The summed E-state index contributed by atoms with van der Waals surface area (Å²) in [6.45, 7) is 4.21. The smallest absolute Gasteiger partial charge is 0.0503 e. The van der Waals surface area contributed by atoms with Crippen molar-refractivity contribution in [3.05, 3.63) is 65.5 Å². The van der Waals surface area contributed by atoms with Crippen molar-refractivity contribution >= 4 is 0 Å². The van der Waals surface area contributed by atoms with Crippen LogP contribution in [0.25, 0.3) is 0 Å². The zero-order valence-corrected chi connectivity index (χ0v) is 12.6. The second-order valence-corrected chi connectivity index (χ2v) is 5.79. The number of fused-ring (bicyclic) bond motifs is 1. The molecule has 21 heavy (non-hydrogen) atoms. The lowest BCUT2D eigenvalue weighted by atomic mass is 9.92. The van der Waals surface area contributed by atoms with Crippen LogP contribution in [0.2, 0.25) is 0 Å². The molecule has 0 spiro atoms. The molecule has 0 aliphatic carbocycles. The molecule has 0 bridgehead atoms. The molecule has 0 radical (unpaired) electrons. The zero-order chi connectivity index (χ0) is 14.7. The van der Waals surface area contributed by atoms with E-state index in [1.165, 1.54) is 16.7 Å². The van der Waals surface area contributed by atoms with E-state index in [0.717, 1.165) is 25.9 Å². The highest BCUT2D eigenvalue weighted by molar-refractivity contribution is 5.30. The highest BCUT2D eigenvalue weighted by Gasteiger charge is 2.28. The summed E-state index contributed by atoms with van der Waals surface area (Å²) in [6, 6.07) is 13.4. The summed E-state index contributed by atoms with van der Waals surface area (Å²) in [5.74, 6) is 0. The second kappa shape index (κ2) is 6.37. The van der Waals surface area contributed by atoms with Crippen LogP contribution in [-0.2, 0) is 13.0 Å². The molecular formula is C18H23N3. The average molecular weight is 281 g/mol. The van der Waals surface area contributed by atoms with Gasteiger partial charge in [0.05, 0.1) is 6.04 Å². The van der Waals surface area contributed by atoms with Crippen LogP contribution in [0.3, 0.4) is 0 Å². The van der Waals surface area contributed by atoms with E-state index >= 15 is 0 Å². The van der Waals surface area contributed by atoms with Crippen LogP contribution in [-0.4, -0.2) is 22.5 Å². The maximum absolute atomic E-state index is 6.44. The molecule has 2 N–H and O–H groups in total. The Morgan fingerprint density at radius 3 is 2.57 bits per heavy atom. The van der Waals surface area contributed by atoms with Crippen LogP contribution in [0.15, 0.2) is 48.8 Å². The third-order valence-corrected chi connectivity index (χ3v) is 4.48. The number of hydrogen-bond donors (Lipinski definition) is 1. The van der Waals surface area contributed by atoms with Crippen LogP contribution in [0.5, 0.6) is 0 Å². The summed E-state index contributed by atoms with van der Waals surface area (Å²) in [6.07, 6.45) is 5.81. The van der Waals surface area contributed by atoms with Gasteiger partial charge < -0.3 is 5.73 Å². The van der Waals surface area contributed by atoms with Gasteiger partial charge in [0.15, 0.2) is 0 Å². The van der Waals surface area contributed by atoms with E-state index in [-0.39, 0.29) is 12.1 Å². The first kappa shape index (κ1) is 14.2. The monoisotopic (exact) mass is 281 g/mol. The molecule has 0 saturated heterocycles. The number of benzene rings is 1. The van der Waals surface area contributed by atoms with Gasteiger partial charge in [0.25, 0.3) is 0 Å². The number of hydrogen-bond acceptors (Lipinski definition) is 3. The molecule has 1 aromatic heterocycles. The van der Waals surface area contributed by atoms with Crippen LogP contribution in [0.1, 0.15) is 36.1 Å². The highest BCUT2D eigenvalue weighted by Crippen LogP contribution is 2.30. The van der Waals surface area contributed by atoms with E-state index in [1.54, 1.807) is 0 Å². The summed E-state index contributed by atoms with van der Waals surface area (Å²) < 4.78 is 0. The summed E-state index contributed by atoms with van der Waals surface area (Å²) in [4.78, 5) is 6.65. The molecule has 2 aromatic rings. The first-order valence-corrected chi connectivity index (χ1v) is 7.76. The number of pyridine rings is 1. The molecule has 1 aliphatic rings. The molecule has 2 atom stereocenters. The lowest BCUT2D eigenvalue weighted by Crippen LogP contribution is -2.43. The van der Waals surface area contributed by atoms with Gasteiger partial charge in [-0.2, -0.15) is 0 Å². The summed E-state index contributed by atoms with van der Waals surface area (Å²) in [5, 5.41) is 0. The van der Waals surface area contributed by atoms with Gasteiger partial charge in [-0.25, -0.2) is 0 Å². The van der Waals surface area contributed by atoms with E-state index in [1.807, 2.05) is 12.4 Å². The van der Waals surface area contributed by atoms with Gasteiger partial charge in [0.2, 0.25) is 0 Å². The first-order valence-electron chi connectivity index (χ1n) is 7.76. The molecule has 0 amide bonds. The highest BCUT2D eigenvalue weighted by atomic mass is 15.2. The summed E-state index contributed by atoms with van der Waals surface area (Å²) >= 11 is 0. The Labute approximate surface area is 126 Å².